The van der Waals surface area contributed by atoms with Crippen molar-refractivity contribution >= 4 is 17.5 Å². The average molecular weight is 351 g/mol. The Hall–Kier alpha value is -2.86. The van der Waals surface area contributed by atoms with Crippen molar-refractivity contribution in [1.29, 1.82) is 0 Å². The maximum Gasteiger partial charge on any atom is 0.261 e. The SMILES string of the molecule is O=C1c2ccccc2C(=O)N1CCN1CCN(c2ccccc2O)CC1. The molecule has 2 aliphatic rings. The zero-order valence-corrected chi connectivity index (χ0v) is 14.5. The summed E-state index contributed by atoms with van der Waals surface area (Å²) in [4.78, 5) is 30.6. The number of phenolic OH excluding ortho intramolecular Hbond substituents is 1. The first-order valence-electron chi connectivity index (χ1n) is 8.85. The molecular weight excluding hydrogens is 330 g/mol. The van der Waals surface area contributed by atoms with Gasteiger partial charge < -0.3 is 10.0 Å². The third-order valence-corrected chi connectivity index (χ3v) is 5.11. The van der Waals surface area contributed by atoms with Crippen LogP contribution in [0.1, 0.15) is 20.7 Å². The molecule has 4 rings (SSSR count). The Labute approximate surface area is 152 Å². The molecule has 26 heavy (non-hydrogen) atoms. The zero-order valence-electron chi connectivity index (χ0n) is 14.5. The predicted molar refractivity (Wildman–Crippen MR) is 98.6 cm³/mol. The third kappa shape index (κ3) is 2.93. The predicted octanol–water partition coefficient (Wildman–Crippen LogP) is 1.81. The van der Waals surface area contributed by atoms with Crippen molar-refractivity contribution in [2.45, 2.75) is 0 Å². The molecule has 6 nitrogen and oxygen atoms in total. The topological polar surface area (TPSA) is 64.1 Å². The molecule has 0 spiro atoms. The minimum atomic E-state index is -0.196. The molecule has 0 atom stereocenters. The highest BCUT2D eigenvalue weighted by Gasteiger charge is 2.35. The molecule has 0 saturated carbocycles. The van der Waals surface area contributed by atoms with Crippen molar-refractivity contribution in [2.75, 3.05) is 44.2 Å². The molecule has 2 aromatic rings. The highest BCUT2D eigenvalue weighted by Crippen LogP contribution is 2.27. The summed E-state index contributed by atoms with van der Waals surface area (Å²) in [6.45, 7) is 4.34. The average Bonchev–Trinajstić information content (AvgIpc) is 2.92. The quantitative estimate of drug-likeness (QED) is 0.851. The van der Waals surface area contributed by atoms with E-state index in [9.17, 15) is 14.7 Å². The monoisotopic (exact) mass is 351 g/mol. The molecule has 0 radical (unpaired) electrons. The van der Waals surface area contributed by atoms with Crippen LogP contribution in [0.3, 0.4) is 0 Å². The van der Waals surface area contributed by atoms with Gasteiger partial charge in [-0.25, -0.2) is 0 Å². The lowest BCUT2D eigenvalue weighted by atomic mass is 10.1. The fourth-order valence-electron chi connectivity index (χ4n) is 3.63. The Morgan fingerprint density at radius 2 is 1.35 bits per heavy atom. The summed E-state index contributed by atoms with van der Waals surface area (Å²) in [6, 6.07) is 14.3. The van der Waals surface area contributed by atoms with Gasteiger partial charge in [-0.2, -0.15) is 0 Å². The first kappa shape index (κ1) is 16.6. The standard InChI is InChI=1S/C20H21N3O3/c24-18-8-4-3-7-17(18)22-12-9-21(10-13-22)11-14-23-19(25)15-5-1-2-6-16(15)20(23)26/h1-8,24H,9-14H2. The lowest BCUT2D eigenvalue weighted by Gasteiger charge is -2.36. The van der Waals surface area contributed by atoms with Crippen LogP contribution in [0, 0.1) is 0 Å². The molecule has 0 bridgehead atoms. The van der Waals surface area contributed by atoms with Gasteiger partial charge in [0, 0.05) is 39.3 Å². The number of anilines is 1. The normalized spacial score (nSPS) is 17.7. The van der Waals surface area contributed by atoms with Gasteiger partial charge in [0.1, 0.15) is 5.75 Å². The molecule has 2 aliphatic heterocycles. The van der Waals surface area contributed by atoms with Gasteiger partial charge >= 0.3 is 0 Å². The first-order valence-corrected chi connectivity index (χ1v) is 8.85. The van der Waals surface area contributed by atoms with E-state index < -0.39 is 0 Å². The largest absolute Gasteiger partial charge is 0.506 e. The summed E-state index contributed by atoms with van der Waals surface area (Å²) in [6.07, 6.45) is 0. The summed E-state index contributed by atoms with van der Waals surface area (Å²) in [5, 5.41) is 9.98. The van der Waals surface area contributed by atoms with Gasteiger partial charge in [0.05, 0.1) is 16.8 Å². The summed E-state index contributed by atoms with van der Waals surface area (Å²) < 4.78 is 0. The molecule has 134 valence electrons. The number of amides is 2. The Kier molecular flexibility index (Phi) is 4.34. The Morgan fingerprint density at radius 1 is 0.769 bits per heavy atom. The maximum absolute atomic E-state index is 12.4. The Bertz CT molecular complexity index is 809. The number of carbonyl (C=O) groups excluding carboxylic acids is 2. The van der Waals surface area contributed by atoms with Gasteiger partial charge in [-0.05, 0) is 24.3 Å². The summed E-state index contributed by atoms with van der Waals surface area (Å²) in [7, 11) is 0. The van der Waals surface area contributed by atoms with E-state index in [1.165, 1.54) is 4.90 Å². The van der Waals surface area contributed by atoms with Crippen LogP contribution in [-0.2, 0) is 0 Å². The van der Waals surface area contributed by atoms with E-state index in [0.717, 1.165) is 31.9 Å². The first-order chi connectivity index (χ1) is 12.6. The molecule has 1 fully saturated rings. The number of benzene rings is 2. The van der Waals surface area contributed by atoms with Crippen LogP contribution < -0.4 is 4.90 Å². The summed E-state index contributed by atoms with van der Waals surface area (Å²) in [5.74, 6) is -0.0936. The molecule has 2 aromatic carbocycles. The number of imide groups is 1. The number of hydrogen-bond acceptors (Lipinski definition) is 5. The van der Waals surface area contributed by atoms with Crippen molar-refractivity contribution in [2.24, 2.45) is 0 Å². The van der Waals surface area contributed by atoms with Gasteiger partial charge in [0.25, 0.3) is 11.8 Å². The fraction of sp³-hybridized carbons (Fsp3) is 0.300. The molecule has 0 unspecified atom stereocenters. The Balaban J connectivity index is 1.33. The van der Waals surface area contributed by atoms with E-state index in [1.807, 2.05) is 18.2 Å². The number of hydrogen-bond donors (Lipinski definition) is 1. The van der Waals surface area contributed by atoms with Crippen LogP contribution in [0.5, 0.6) is 5.75 Å². The highest BCUT2D eigenvalue weighted by atomic mass is 16.3. The lowest BCUT2D eigenvalue weighted by molar-refractivity contribution is 0.0635. The van der Waals surface area contributed by atoms with E-state index in [0.29, 0.717) is 30.0 Å². The second-order valence-corrected chi connectivity index (χ2v) is 6.62. The van der Waals surface area contributed by atoms with Crippen molar-refractivity contribution in [1.82, 2.24) is 9.80 Å². The van der Waals surface area contributed by atoms with E-state index in [1.54, 1.807) is 30.3 Å². The van der Waals surface area contributed by atoms with E-state index in [4.69, 9.17) is 0 Å². The number of carbonyl (C=O) groups is 2. The molecule has 1 N–H and O–H groups in total. The third-order valence-electron chi connectivity index (χ3n) is 5.11. The van der Waals surface area contributed by atoms with Crippen molar-refractivity contribution in [3.05, 3.63) is 59.7 Å². The van der Waals surface area contributed by atoms with Crippen molar-refractivity contribution < 1.29 is 14.7 Å². The number of piperazine rings is 1. The fourth-order valence-corrected chi connectivity index (χ4v) is 3.63. The van der Waals surface area contributed by atoms with Gasteiger partial charge in [0.2, 0.25) is 0 Å². The van der Waals surface area contributed by atoms with Crippen LogP contribution in [0.25, 0.3) is 0 Å². The molecular formula is C20H21N3O3. The molecule has 2 heterocycles. The number of para-hydroxylation sites is 2. The van der Waals surface area contributed by atoms with Crippen LogP contribution in [0.4, 0.5) is 5.69 Å². The molecule has 2 amide bonds. The van der Waals surface area contributed by atoms with Gasteiger partial charge in [-0.15, -0.1) is 0 Å². The molecule has 6 heteroatoms. The van der Waals surface area contributed by atoms with Crippen molar-refractivity contribution in [3.8, 4) is 5.75 Å². The van der Waals surface area contributed by atoms with Gasteiger partial charge in [-0.3, -0.25) is 19.4 Å². The minimum absolute atomic E-state index is 0.196. The summed E-state index contributed by atoms with van der Waals surface area (Å²) >= 11 is 0. The van der Waals surface area contributed by atoms with E-state index in [-0.39, 0.29) is 11.8 Å². The number of fused-ring (bicyclic) bond motifs is 1. The second kappa shape index (κ2) is 6.80. The van der Waals surface area contributed by atoms with Gasteiger partial charge in [0.15, 0.2) is 0 Å². The number of rotatable bonds is 4. The van der Waals surface area contributed by atoms with E-state index >= 15 is 0 Å². The van der Waals surface area contributed by atoms with Crippen LogP contribution in [-0.4, -0.2) is 66.0 Å². The molecule has 0 aromatic heterocycles. The lowest BCUT2D eigenvalue weighted by Crippen LogP contribution is -2.49. The highest BCUT2D eigenvalue weighted by molar-refractivity contribution is 6.21. The second-order valence-electron chi connectivity index (χ2n) is 6.62. The molecule has 0 aliphatic carbocycles. The zero-order chi connectivity index (χ0) is 18.1. The van der Waals surface area contributed by atoms with Crippen LogP contribution in [0.15, 0.2) is 48.5 Å². The Morgan fingerprint density at radius 3 is 1.96 bits per heavy atom. The summed E-state index contributed by atoms with van der Waals surface area (Å²) in [5.41, 5.74) is 1.86. The van der Waals surface area contributed by atoms with Crippen molar-refractivity contribution in [3.63, 3.8) is 0 Å². The maximum atomic E-state index is 12.4. The number of phenols is 1. The van der Waals surface area contributed by atoms with E-state index in [2.05, 4.69) is 9.80 Å². The van der Waals surface area contributed by atoms with Gasteiger partial charge in [-0.1, -0.05) is 24.3 Å². The number of aromatic hydroxyl groups is 1. The number of nitrogens with zero attached hydrogens (tertiary/aromatic N) is 3. The van der Waals surface area contributed by atoms with Crippen LogP contribution in [0.2, 0.25) is 0 Å². The minimum Gasteiger partial charge on any atom is -0.506 e. The molecule has 1 saturated heterocycles. The smallest absolute Gasteiger partial charge is 0.261 e. The van der Waals surface area contributed by atoms with Crippen LogP contribution >= 0.6 is 0 Å².